The first kappa shape index (κ1) is 21.3. The predicted octanol–water partition coefficient (Wildman–Crippen LogP) is 2.22. The van der Waals surface area contributed by atoms with Crippen LogP contribution in [0.15, 0.2) is 18.2 Å². The molecular formula is C21H36N2O3. The minimum absolute atomic E-state index is 0.144. The van der Waals surface area contributed by atoms with E-state index < -0.39 is 6.10 Å². The zero-order valence-corrected chi connectivity index (χ0v) is 16.9. The van der Waals surface area contributed by atoms with Crippen LogP contribution in [0, 0.1) is 13.8 Å². The number of aryl methyl sites for hydroxylation is 2. The molecule has 1 aromatic carbocycles. The van der Waals surface area contributed by atoms with Crippen molar-refractivity contribution >= 4 is 0 Å². The molecule has 0 spiro atoms. The van der Waals surface area contributed by atoms with Crippen molar-refractivity contribution in [3.8, 4) is 0 Å². The summed E-state index contributed by atoms with van der Waals surface area (Å²) in [6, 6.07) is 6.61. The Kier molecular flexibility index (Phi) is 9.02. The number of ether oxygens (including phenoxy) is 2. The summed E-state index contributed by atoms with van der Waals surface area (Å²) >= 11 is 0. The molecule has 1 aliphatic rings. The number of aliphatic hydroxyl groups is 1. The van der Waals surface area contributed by atoms with Gasteiger partial charge in [-0.3, -0.25) is 9.80 Å². The standard InChI is InChI=1S/C21H36N2O3/c1-17(2)26-16-21(24)15-23(8-7-22-9-11-25-12-10-22)14-20-6-5-18(3)13-19(20)4/h5-6,13,17,21,24H,7-12,14-16H2,1-4H3. The van der Waals surface area contributed by atoms with Gasteiger partial charge in [0.05, 0.1) is 32.0 Å². The van der Waals surface area contributed by atoms with Crippen molar-refractivity contribution in [2.45, 2.75) is 46.4 Å². The number of morpholine rings is 1. The normalized spacial score (nSPS) is 17.2. The third-order valence-corrected chi connectivity index (χ3v) is 4.82. The van der Waals surface area contributed by atoms with Crippen LogP contribution in [0.2, 0.25) is 0 Å². The van der Waals surface area contributed by atoms with E-state index in [0.29, 0.717) is 13.2 Å². The van der Waals surface area contributed by atoms with Crippen LogP contribution in [0.3, 0.4) is 0 Å². The summed E-state index contributed by atoms with van der Waals surface area (Å²) < 4.78 is 11.0. The fraction of sp³-hybridized carbons (Fsp3) is 0.714. The molecule has 1 atom stereocenters. The zero-order chi connectivity index (χ0) is 18.9. The highest BCUT2D eigenvalue weighted by atomic mass is 16.5. The molecule has 1 aliphatic heterocycles. The van der Waals surface area contributed by atoms with Crippen molar-refractivity contribution < 1.29 is 14.6 Å². The average Bonchev–Trinajstić information content (AvgIpc) is 2.61. The molecule has 1 unspecified atom stereocenters. The summed E-state index contributed by atoms with van der Waals surface area (Å²) in [7, 11) is 0. The maximum atomic E-state index is 10.4. The number of aliphatic hydroxyl groups excluding tert-OH is 1. The first-order valence-corrected chi connectivity index (χ1v) is 9.82. The predicted molar refractivity (Wildman–Crippen MR) is 106 cm³/mol. The van der Waals surface area contributed by atoms with E-state index >= 15 is 0 Å². The first-order valence-electron chi connectivity index (χ1n) is 9.82. The molecule has 5 nitrogen and oxygen atoms in total. The van der Waals surface area contributed by atoms with E-state index in [9.17, 15) is 5.11 Å². The Balaban J connectivity index is 1.94. The average molecular weight is 365 g/mol. The lowest BCUT2D eigenvalue weighted by atomic mass is 10.1. The fourth-order valence-corrected chi connectivity index (χ4v) is 3.26. The summed E-state index contributed by atoms with van der Waals surface area (Å²) in [5, 5.41) is 10.4. The molecule has 0 aliphatic carbocycles. The van der Waals surface area contributed by atoms with E-state index in [1.807, 2.05) is 13.8 Å². The Morgan fingerprint density at radius 2 is 1.96 bits per heavy atom. The van der Waals surface area contributed by atoms with E-state index in [4.69, 9.17) is 9.47 Å². The van der Waals surface area contributed by atoms with Gasteiger partial charge in [0, 0.05) is 39.3 Å². The molecule has 5 heteroatoms. The largest absolute Gasteiger partial charge is 0.389 e. The van der Waals surface area contributed by atoms with Gasteiger partial charge in [-0.2, -0.15) is 0 Å². The highest BCUT2D eigenvalue weighted by molar-refractivity contribution is 5.30. The lowest BCUT2D eigenvalue weighted by Crippen LogP contribution is -2.43. The Bertz CT molecular complexity index is 530. The number of nitrogens with zero attached hydrogens (tertiary/aromatic N) is 2. The molecule has 0 radical (unpaired) electrons. The van der Waals surface area contributed by atoms with Gasteiger partial charge in [-0.15, -0.1) is 0 Å². The summed E-state index contributed by atoms with van der Waals surface area (Å²) in [6.07, 6.45) is -0.321. The highest BCUT2D eigenvalue weighted by Gasteiger charge is 2.17. The van der Waals surface area contributed by atoms with Crippen LogP contribution in [0.1, 0.15) is 30.5 Å². The van der Waals surface area contributed by atoms with Crippen LogP contribution >= 0.6 is 0 Å². The molecule has 1 N–H and O–H groups in total. The van der Waals surface area contributed by atoms with E-state index in [-0.39, 0.29) is 6.10 Å². The maximum absolute atomic E-state index is 10.4. The molecule has 1 fully saturated rings. The zero-order valence-electron chi connectivity index (χ0n) is 16.9. The number of benzene rings is 1. The highest BCUT2D eigenvalue weighted by Crippen LogP contribution is 2.14. The van der Waals surface area contributed by atoms with Crippen LogP contribution < -0.4 is 0 Å². The minimum Gasteiger partial charge on any atom is -0.389 e. The molecule has 0 saturated carbocycles. The third kappa shape index (κ3) is 7.72. The lowest BCUT2D eigenvalue weighted by Gasteiger charge is -2.31. The van der Waals surface area contributed by atoms with Gasteiger partial charge in [-0.05, 0) is 38.8 Å². The Morgan fingerprint density at radius 3 is 2.62 bits per heavy atom. The van der Waals surface area contributed by atoms with Gasteiger partial charge in [-0.1, -0.05) is 23.8 Å². The molecule has 0 aromatic heterocycles. The Labute approximate surface area is 158 Å². The van der Waals surface area contributed by atoms with Gasteiger partial charge in [-0.25, -0.2) is 0 Å². The third-order valence-electron chi connectivity index (χ3n) is 4.82. The van der Waals surface area contributed by atoms with Gasteiger partial charge in [0.15, 0.2) is 0 Å². The number of hydrogen-bond acceptors (Lipinski definition) is 5. The molecule has 0 bridgehead atoms. The van der Waals surface area contributed by atoms with E-state index in [0.717, 1.165) is 45.9 Å². The van der Waals surface area contributed by atoms with Crippen LogP contribution in [0.4, 0.5) is 0 Å². The second kappa shape index (κ2) is 11.0. The second-order valence-electron chi connectivity index (χ2n) is 7.65. The van der Waals surface area contributed by atoms with Crippen LogP contribution in [-0.4, -0.2) is 79.7 Å². The van der Waals surface area contributed by atoms with Crippen molar-refractivity contribution in [2.24, 2.45) is 0 Å². The monoisotopic (exact) mass is 364 g/mol. The van der Waals surface area contributed by atoms with E-state index in [1.165, 1.54) is 16.7 Å². The summed E-state index contributed by atoms with van der Waals surface area (Å²) in [4.78, 5) is 4.79. The second-order valence-corrected chi connectivity index (χ2v) is 7.65. The lowest BCUT2D eigenvalue weighted by molar-refractivity contribution is -0.0129. The van der Waals surface area contributed by atoms with Crippen molar-refractivity contribution in [3.63, 3.8) is 0 Å². The molecular weight excluding hydrogens is 328 g/mol. The quantitative estimate of drug-likeness (QED) is 0.690. The van der Waals surface area contributed by atoms with Gasteiger partial charge in [0.25, 0.3) is 0 Å². The summed E-state index contributed by atoms with van der Waals surface area (Å²) in [5.74, 6) is 0. The van der Waals surface area contributed by atoms with Crippen molar-refractivity contribution in [2.75, 3.05) is 52.5 Å². The van der Waals surface area contributed by atoms with Crippen molar-refractivity contribution in [3.05, 3.63) is 34.9 Å². The van der Waals surface area contributed by atoms with E-state index in [2.05, 4.69) is 41.8 Å². The van der Waals surface area contributed by atoms with E-state index in [1.54, 1.807) is 0 Å². The molecule has 1 aromatic rings. The number of hydrogen-bond donors (Lipinski definition) is 1. The molecule has 0 amide bonds. The van der Waals surface area contributed by atoms with Crippen LogP contribution in [0.5, 0.6) is 0 Å². The molecule has 1 saturated heterocycles. The summed E-state index contributed by atoms with van der Waals surface area (Å²) in [6.45, 7) is 15.7. The van der Waals surface area contributed by atoms with Crippen molar-refractivity contribution in [1.29, 1.82) is 0 Å². The van der Waals surface area contributed by atoms with Gasteiger partial charge in [0.1, 0.15) is 0 Å². The SMILES string of the molecule is Cc1ccc(CN(CCN2CCOCC2)CC(O)COC(C)C)c(C)c1. The molecule has 1 heterocycles. The minimum atomic E-state index is -0.465. The van der Waals surface area contributed by atoms with Crippen LogP contribution in [0.25, 0.3) is 0 Å². The Hall–Kier alpha value is -0.980. The first-order chi connectivity index (χ1) is 12.4. The molecule has 148 valence electrons. The molecule has 2 rings (SSSR count). The topological polar surface area (TPSA) is 45.2 Å². The van der Waals surface area contributed by atoms with Gasteiger partial charge in [0.2, 0.25) is 0 Å². The van der Waals surface area contributed by atoms with Gasteiger partial charge < -0.3 is 14.6 Å². The fourth-order valence-electron chi connectivity index (χ4n) is 3.26. The maximum Gasteiger partial charge on any atom is 0.0900 e. The molecule has 26 heavy (non-hydrogen) atoms. The smallest absolute Gasteiger partial charge is 0.0900 e. The van der Waals surface area contributed by atoms with Crippen LogP contribution in [-0.2, 0) is 16.0 Å². The van der Waals surface area contributed by atoms with Crippen molar-refractivity contribution in [1.82, 2.24) is 9.80 Å². The van der Waals surface area contributed by atoms with Gasteiger partial charge >= 0.3 is 0 Å². The number of rotatable bonds is 10. The Morgan fingerprint density at radius 1 is 1.23 bits per heavy atom. The summed E-state index contributed by atoms with van der Waals surface area (Å²) in [5.41, 5.74) is 3.93.